The minimum Gasteiger partial charge on any atom is -0.481 e. The van der Waals surface area contributed by atoms with Gasteiger partial charge in [0, 0.05) is 30.8 Å². The first-order chi connectivity index (χ1) is 23.7. The van der Waals surface area contributed by atoms with Crippen molar-refractivity contribution in [1.29, 1.82) is 0 Å². The summed E-state index contributed by atoms with van der Waals surface area (Å²) in [5.41, 5.74) is 1.09. The van der Waals surface area contributed by atoms with Crippen molar-refractivity contribution in [3.8, 4) is 0 Å². The number of aromatic nitrogens is 1. The van der Waals surface area contributed by atoms with E-state index in [1.54, 1.807) is 12.3 Å². The lowest BCUT2D eigenvalue weighted by molar-refractivity contribution is -0.147. The standard InChI is InChI=1S/C37H55N5O7S/c1-8-23(4)32(41-34(45)30-16-12-13-17-42(30)7)35(46)39-28(22(2)3)20-31(49-25(6)43)36-40-29(21-50-36)33(44)38-27(18-24(5)37(47)48)19-26-14-10-9-11-15-26/h9-11,14-15,21-24,27-28,30-32H,8,12-13,16-20H2,1-7H3,(H,38,44)(H,39,46)(H,41,45)(H,47,48)/t23-,24-,27+,28+,30+,31+,32-/m0/s1. The van der Waals surface area contributed by atoms with Crippen LogP contribution in [-0.2, 0) is 30.3 Å². The van der Waals surface area contributed by atoms with Crippen LogP contribution in [0, 0.1) is 17.8 Å². The number of piperidine rings is 1. The van der Waals surface area contributed by atoms with Crippen LogP contribution in [0.4, 0.5) is 0 Å². The molecule has 1 aromatic carbocycles. The first-order valence-corrected chi connectivity index (χ1v) is 18.6. The summed E-state index contributed by atoms with van der Waals surface area (Å²) in [6, 6.07) is 7.61. The molecule has 0 spiro atoms. The largest absolute Gasteiger partial charge is 0.481 e. The van der Waals surface area contributed by atoms with Crippen molar-refractivity contribution in [3.05, 3.63) is 52.0 Å². The molecule has 0 saturated carbocycles. The summed E-state index contributed by atoms with van der Waals surface area (Å²) in [4.78, 5) is 70.9. The number of nitrogens with zero attached hydrogens (tertiary/aromatic N) is 2. The highest BCUT2D eigenvalue weighted by Crippen LogP contribution is 2.29. The van der Waals surface area contributed by atoms with Gasteiger partial charge in [-0.2, -0.15) is 0 Å². The Morgan fingerprint density at radius 3 is 2.32 bits per heavy atom. The summed E-state index contributed by atoms with van der Waals surface area (Å²) in [6.07, 6.45) is 3.49. The molecule has 2 aromatic rings. The van der Waals surface area contributed by atoms with E-state index in [2.05, 4.69) is 20.9 Å². The molecule has 1 aliphatic heterocycles. The number of esters is 1. The number of amides is 3. The molecule has 1 fully saturated rings. The number of ether oxygens (including phenoxy) is 1. The zero-order chi connectivity index (χ0) is 37.0. The smallest absolute Gasteiger partial charge is 0.306 e. The molecule has 1 aromatic heterocycles. The van der Waals surface area contributed by atoms with Crippen molar-refractivity contribution in [3.63, 3.8) is 0 Å². The molecule has 4 N–H and O–H groups in total. The molecule has 7 atom stereocenters. The second-order valence-corrected chi connectivity index (χ2v) is 14.9. The number of carboxylic acids is 1. The van der Waals surface area contributed by atoms with E-state index < -0.39 is 48.0 Å². The van der Waals surface area contributed by atoms with Crippen LogP contribution >= 0.6 is 11.3 Å². The highest BCUT2D eigenvalue weighted by atomic mass is 32.1. The first-order valence-electron chi connectivity index (χ1n) is 17.7. The van der Waals surface area contributed by atoms with Crippen LogP contribution in [0.25, 0.3) is 0 Å². The maximum atomic E-state index is 13.8. The molecule has 3 amide bonds. The number of carbonyl (C=O) groups is 5. The van der Waals surface area contributed by atoms with E-state index >= 15 is 0 Å². The van der Waals surface area contributed by atoms with Crippen molar-refractivity contribution in [2.45, 2.75) is 117 Å². The molecule has 0 unspecified atom stereocenters. The number of hydrogen-bond acceptors (Lipinski definition) is 9. The molecule has 2 heterocycles. The maximum Gasteiger partial charge on any atom is 0.306 e. The van der Waals surface area contributed by atoms with Crippen LogP contribution in [0.3, 0.4) is 0 Å². The van der Waals surface area contributed by atoms with Crippen LogP contribution in [0.5, 0.6) is 0 Å². The van der Waals surface area contributed by atoms with Crippen LogP contribution in [0.2, 0.25) is 0 Å². The van der Waals surface area contributed by atoms with Gasteiger partial charge in [0.05, 0.1) is 12.0 Å². The summed E-state index contributed by atoms with van der Waals surface area (Å²) in [6.45, 7) is 11.6. The van der Waals surface area contributed by atoms with Gasteiger partial charge in [-0.05, 0) is 56.7 Å². The fraction of sp³-hybridized carbons (Fsp3) is 0.622. The van der Waals surface area contributed by atoms with Crippen molar-refractivity contribution in [2.75, 3.05) is 13.6 Å². The van der Waals surface area contributed by atoms with Crippen LogP contribution in [0.1, 0.15) is 107 Å². The molecule has 13 heteroatoms. The van der Waals surface area contributed by atoms with Gasteiger partial charge >= 0.3 is 11.9 Å². The highest BCUT2D eigenvalue weighted by Gasteiger charge is 2.34. The number of thiazole rings is 1. The van der Waals surface area contributed by atoms with Gasteiger partial charge in [0.2, 0.25) is 11.8 Å². The SMILES string of the molecule is CC[C@H](C)[C@H](NC(=O)[C@H]1CCCCN1C)C(=O)N[C@H](C[C@@H](OC(C)=O)c1nc(C(=O)N[C@@H](Cc2ccccc2)C[C@H](C)C(=O)O)cs1)C(C)C. The molecule has 1 aliphatic rings. The van der Waals surface area contributed by atoms with Crippen molar-refractivity contribution in [1.82, 2.24) is 25.8 Å². The van der Waals surface area contributed by atoms with Gasteiger partial charge in [0.1, 0.15) is 16.7 Å². The maximum absolute atomic E-state index is 13.8. The Hall–Kier alpha value is -3.84. The van der Waals surface area contributed by atoms with E-state index in [9.17, 15) is 29.1 Å². The van der Waals surface area contributed by atoms with E-state index in [-0.39, 0.29) is 48.2 Å². The number of benzene rings is 1. The lowest BCUT2D eigenvalue weighted by Crippen LogP contribution is -2.57. The van der Waals surface area contributed by atoms with Crippen LogP contribution in [-0.4, -0.2) is 82.4 Å². The molecular formula is C37H55N5O7S. The minimum absolute atomic E-state index is 0.0625. The summed E-state index contributed by atoms with van der Waals surface area (Å²) in [5, 5.41) is 20.6. The van der Waals surface area contributed by atoms with Gasteiger partial charge in [-0.15, -0.1) is 11.3 Å². The molecule has 50 heavy (non-hydrogen) atoms. The van der Waals surface area contributed by atoms with Gasteiger partial charge in [-0.3, -0.25) is 28.9 Å². The molecule has 0 bridgehead atoms. The van der Waals surface area contributed by atoms with Crippen molar-refractivity contribution < 1.29 is 33.8 Å². The Balaban J connectivity index is 1.76. The van der Waals surface area contributed by atoms with Crippen molar-refractivity contribution in [2.24, 2.45) is 17.8 Å². The highest BCUT2D eigenvalue weighted by molar-refractivity contribution is 7.09. The number of hydrogen-bond donors (Lipinski definition) is 4. The zero-order valence-corrected chi connectivity index (χ0v) is 31.3. The first kappa shape index (κ1) is 40.6. The second-order valence-electron chi connectivity index (χ2n) is 14.0. The molecule has 1 saturated heterocycles. The number of rotatable bonds is 18. The van der Waals surface area contributed by atoms with Crippen LogP contribution in [0.15, 0.2) is 35.7 Å². The summed E-state index contributed by atoms with van der Waals surface area (Å²) < 4.78 is 5.70. The summed E-state index contributed by atoms with van der Waals surface area (Å²) in [7, 11) is 1.93. The number of likely N-dealkylation sites (N-methyl/N-ethyl adjacent to an activating group) is 1. The topological polar surface area (TPSA) is 167 Å². The summed E-state index contributed by atoms with van der Waals surface area (Å²) >= 11 is 1.17. The lowest BCUT2D eigenvalue weighted by atomic mass is 9.94. The van der Waals surface area contributed by atoms with E-state index in [0.29, 0.717) is 17.8 Å². The average Bonchev–Trinajstić information content (AvgIpc) is 3.57. The van der Waals surface area contributed by atoms with E-state index in [4.69, 9.17) is 4.74 Å². The van der Waals surface area contributed by atoms with Gasteiger partial charge in [0.25, 0.3) is 5.91 Å². The third kappa shape index (κ3) is 12.2. The number of likely N-dealkylation sites (tertiary alicyclic amines) is 1. The van der Waals surface area contributed by atoms with Crippen LogP contribution < -0.4 is 16.0 Å². The molecular weight excluding hydrogens is 659 g/mol. The number of aliphatic carboxylic acids is 1. The third-order valence-corrected chi connectivity index (χ3v) is 10.5. The van der Waals surface area contributed by atoms with Gasteiger partial charge in [0.15, 0.2) is 6.10 Å². The second kappa shape index (κ2) is 19.5. The normalized spacial score (nSPS) is 18.6. The van der Waals surface area contributed by atoms with Gasteiger partial charge < -0.3 is 25.8 Å². The average molecular weight is 714 g/mol. The number of carboxylic acid groups (broad SMARTS) is 1. The molecule has 12 nitrogen and oxygen atoms in total. The predicted octanol–water partition coefficient (Wildman–Crippen LogP) is 4.75. The van der Waals surface area contributed by atoms with Gasteiger partial charge in [-0.1, -0.05) is 77.8 Å². The Bertz CT molecular complexity index is 1430. The van der Waals surface area contributed by atoms with Gasteiger partial charge in [-0.25, -0.2) is 4.98 Å². The monoisotopic (exact) mass is 713 g/mol. The lowest BCUT2D eigenvalue weighted by Gasteiger charge is -2.34. The summed E-state index contributed by atoms with van der Waals surface area (Å²) in [5.74, 6) is -3.24. The Kier molecular flexibility index (Phi) is 15.8. The fourth-order valence-corrected chi connectivity index (χ4v) is 7.02. The molecule has 276 valence electrons. The minimum atomic E-state index is -0.945. The van der Waals surface area contributed by atoms with E-state index in [1.807, 2.05) is 70.0 Å². The predicted molar refractivity (Wildman–Crippen MR) is 192 cm³/mol. The quantitative estimate of drug-likeness (QED) is 0.160. The van der Waals surface area contributed by atoms with E-state index in [0.717, 1.165) is 31.4 Å². The number of nitrogens with one attached hydrogen (secondary N) is 3. The Morgan fingerprint density at radius 2 is 1.72 bits per heavy atom. The Labute approximate surface area is 300 Å². The van der Waals surface area contributed by atoms with Crippen molar-refractivity contribution >= 4 is 41.0 Å². The Morgan fingerprint density at radius 1 is 1.02 bits per heavy atom. The fourth-order valence-electron chi connectivity index (χ4n) is 6.18. The molecule has 3 rings (SSSR count). The number of carbonyl (C=O) groups excluding carboxylic acids is 4. The molecule has 0 aliphatic carbocycles. The zero-order valence-electron chi connectivity index (χ0n) is 30.4. The van der Waals surface area contributed by atoms with E-state index in [1.165, 1.54) is 18.3 Å². The third-order valence-electron chi connectivity index (χ3n) is 9.52. The molecule has 0 radical (unpaired) electrons.